The van der Waals surface area contributed by atoms with Crippen LogP contribution in [0.4, 0.5) is 0 Å². The van der Waals surface area contributed by atoms with Crippen LogP contribution in [-0.2, 0) is 9.53 Å². The number of hydrogen-bond acceptors (Lipinski definition) is 5. The molecule has 0 radical (unpaired) electrons. The Bertz CT molecular complexity index is 1020. The number of allylic oxidation sites excluding steroid dienone is 1. The third-order valence-corrected chi connectivity index (χ3v) is 4.93. The van der Waals surface area contributed by atoms with Crippen molar-refractivity contribution < 1.29 is 24.2 Å². The zero-order valence-electron chi connectivity index (χ0n) is 20.5. The fourth-order valence-corrected chi connectivity index (χ4v) is 3.31. The second-order valence-corrected chi connectivity index (χ2v) is 9.75. The summed E-state index contributed by atoms with van der Waals surface area (Å²) in [5.41, 5.74) is 2.67. The van der Waals surface area contributed by atoms with Gasteiger partial charge in [0.15, 0.2) is 11.4 Å². The predicted molar refractivity (Wildman–Crippen MR) is 127 cm³/mol. The molecule has 0 bridgehead atoms. The lowest BCUT2D eigenvalue weighted by Crippen LogP contribution is -2.43. The molecule has 32 heavy (non-hydrogen) atoms. The summed E-state index contributed by atoms with van der Waals surface area (Å²) in [6.45, 7) is 16.2. The lowest BCUT2D eigenvalue weighted by Gasteiger charge is -2.30. The van der Waals surface area contributed by atoms with E-state index < -0.39 is 17.2 Å². The molecule has 0 unspecified atom stereocenters. The lowest BCUT2D eigenvalue weighted by molar-refractivity contribution is -0.171. The first-order valence-electron chi connectivity index (χ1n) is 10.7. The molecule has 172 valence electrons. The molecular formula is C27H34O5. The number of phenolic OH excluding ortho intramolecular Hbond substituents is 1. The van der Waals surface area contributed by atoms with Gasteiger partial charge in [0.05, 0.1) is 0 Å². The predicted octanol–water partition coefficient (Wildman–Crippen LogP) is 6.02. The second-order valence-electron chi connectivity index (χ2n) is 9.75. The zero-order valence-corrected chi connectivity index (χ0v) is 20.5. The van der Waals surface area contributed by atoms with Gasteiger partial charge in [0.2, 0.25) is 0 Å². The van der Waals surface area contributed by atoms with E-state index in [0.29, 0.717) is 22.4 Å². The van der Waals surface area contributed by atoms with E-state index in [2.05, 4.69) is 0 Å². The number of benzene rings is 2. The van der Waals surface area contributed by atoms with Crippen molar-refractivity contribution >= 4 is 17.8 Å². The van der Waals surface area contributed by atoms with E-state index in [1.807, 2.05) is 46.8 Å². The van der Waals surface area contributed by atoms with Crippen molar-refractivity contribution in [3.05, 3.63) is 63.7 Å². The highest BCUT2D eigenvalue weighted by atomic mass is 16.6. The standard InChI is InChI=1S/C27H34O5/c1-16-14-21(15-17(2)23(16)29)22(28)11-10-20-12-18(3)24(19(4)13-20)31-27(8,9)25(30)32-26(5,6)7/h10-15,29H,1-9H3/b11-10+. The molecule has 0 spiro atoms. The van der Waals surface area contributed by atoms with E-state index in [1.54, 1.807) is 45.9 Å². The molecule has 0 fully saturated rings. The van der Waals surface area contributed by atoms with E-state index in [0.717, 1.165) is 16.7 Å². The summed E-state index contributed by atoms with van der Waals surface area (Å²) in [5, 5.41) is 9.91. The molecule has 0 aliphatic heterocycles. The molecule has 0 saturated heterocycles. The lowest BCUT2D eigenvalue weighted by atomic mass is 10.0. The number of rotatable bonds is 6. The molecule has 5 nitrogen and oxygen atoms in total. The summed E-state index contributed by atoms with van der Waals surface area (Å²) >= 11 is 0. The van der Waals surface area contributed by atoms with Crippen LogP contribution in [0.3, 0.4) is 0 Å². The van der Waals surface area contributed by atoms with Crippen LogP contribution in [0.15, 0.2) is 30.3 Å². The molecule has 0 aliphatic carbocycles. The fraction of sp³-hybridized carbons (Fsp3) is 0.407. The maximum absolute atomic E-state index is 12.6. The number of ether oxygens (including phenoxy) is 2. The highest BCUT2D eigenvalue weighted by Crippen LogP contribution is 2.30. The minimum Gasteiger partial charge on any atom is -0.507 e. The van der Waals surface area contributed by atoms with Gasteiger partial charge in [0.1, 0.15) is 17.1 Å². The van der Waals surface area contributed by atoms with Gasteiger partial charge in [-0.1, -0.05) is 6.08 Å². The van der Waals surface area contributed by atoms with Crippen molar-refractivity contribution in [3.8, 4) is 11.5 Å². The van der Waals surface area contributed by atoms with Crippen LogP contribution in [0.25, 0.3) is 6.08 Å². The number of hydrogen-bond donors (Lipinski definition) is 1. The van der Waals surface area contributed by atoms with Crippen molar-refractivity contribution in [2.75, 3.05) is 0 Å². The van der Waals surface area contributed by atoms with Crippen LogP contribution in [0.1, 0.15) is 72.8 Å². The first kappa shape index (κ1) is 25.2. The van der Waals surface area contributed by atoms with E-state index in [1.165, 1.54) is 6.08 Å². The molecule has 2 aromatic carbocycles. The van der Waals surface area contributed by atoms with Crippen LogP contribution < -0.4 is 4.74 Å². The van der Waals surface area contributed by atoms with Gasteiger partial charge < -0.3 is 14.6 Å². The third-order valence-electron chi connectivity index (χ3n) is 4.93. The Morgan fingerprint density at radius 1 is 0.844 bits per heavy atom. The van der Waals surface area contributed by atoms with E-state index in [-0.39, 0.29) is 11.5 Å². The van der Waals surface area contributed by atoms with Crippen LogP contribution in [-0.4, -0.2) is 28.1 Å². The number of phenols is 1. The first-order valence-corrected chi connectivity index (χ1v) is 10.7. The van der Waals surface area contributed by atoms with Gasteiger partial charge in [-0.05, 0) is 120 Å². The van der Waals surface area contributed by atoms with E-state index in [4.69, 9.17) is 9.47 Å². The number of aromatic hydroxyl groups is 1. The summed E-state index contributed by atoms with van der Waals surface area (Å²) < 4.78 is 11.6. The van der Waals surface area contributed by atoms with Gasteiger partial charge in [-0.15, -0.1) is 0 Å². The highest BCUT2D eigenvalue weighted by Gasteiger charge is 2.35. The molecule has 0 aliphatic rings. The minimum atomic E-state index is -1.15. The minimum absolute atomic E-state index is 0.141. The largest absolute Gasteiger partial charge is 0.507 e. The third kappa shape index (κ3) is 6.22. The number of aryl methyl sites for hydroxylation is 4. The number of carbonyl (C=O) groups is 2. The number of esters is 1. The molecule has 0 saturated carbocycles. The molecule has 0 aromatic heterocycles. The summed E-state index contributed by atoms with van der Waals surface area (Å²) in [6.07, 6.45) is 3.27. The maximum atomic E-state index is 12.6. The fourth-order valence-electron chi connectivity index (χ4n) is 3.31. The van der Waals surface area contributed by atoms with Crippen molar-refractivity contribution in [1.29, 1.82) is 0 Å². The van der Waals surface area contributed by atoms with Crippen molar-refractivity contribution in [1.82, 2.24) is 0 Å². The van der Waals surface area contributed by atoms with E-state index in [9.17, 15) is 14.7 Å². The van der Waals surface area contributed by atoms with E-state index >= 15 is 0 Å². The van der Waals surface area contributed by atoms with Gasteiger partial charge in [-0.2, -0.15) is 0 Å². The topological polar surface area (TPSA) is 72.8 Å². The number of carbonyl (C=O) groups excluding carboxylic acids is 2. The van der Waals surface area contributed by atoms with Crippen molar-refractivity contribution in [2.24, 2.45) is 0 Å². The molecule has 2 rings (SSSR count). The maximum Gasteiger partial charge on any atom is 0.350 e. The normalized spacial score (nSPS) is 12.2. The average molecular weight is 439 g/mol. The monoisotopic (exact) mass is 438 g/mol. The summed E-state index contributed by atoms with van der Waals surface area (Å²) in [4.78, 5) is 25.1. The molecular weight excluding hydrogens is 404 g/mol. The zero-order chi connectivity index (χ0) is 24.4. The van der Waals surface area contributed by atoms with Crippen LogP contribution in [0.5, 0.6) is 11.5 Å². The van der Waals surface area contributed by atoms with Crippen molar-refractivity contribution in [2.45, 2.75) is 73.5 Å². The Kier molecular flexibility index (Phi) is 7.23. The Balaban J connectivity index is 2.24. The Hall–Kier alpha value is -3.08. The Morgan fingerprint density at radius 3 is 1.81 bits per heavy atom. The van der Waals surface area contributed by atoms with Crippen LogP contribution in [0, 0.1) is 27.7 Å². The van der Waals surface area contributed by atoms with Crippen molar-refractivity contribution in [3.63, 3.8) is 0 Å². The Morgan fingerprint density at radius 2 is 1.34 bits per heavy atom. The van der Waals surface area contributed by atoms with Gasteiger partial charge in [0, 0.05) is 5.56 Å². The molecule has 1 N–H and O–H groups in total. The van der Waals surface area contributed by atoms with Gasteiger partial charge in [0.25, 0.3) is 0 Å². The smallest absolute Gasteiger partial charge is 0.350 e. The summed E-state index contributed by atoms with van der Waals surface area (Å²) in [7, 11) is 0. The van der Waals surface area contributed by atoms with Gasteiger partial charge >= 0.3 is 5.97 Å². The first-order chi connectivity index (χ1) is 14.6. The SMILES string of the molecule is Cc1cc(C(=O)/C=C/c2cc(C)c(OC(C)(C)C(=O)OC(C)(C)C)c(C)c2)cc(C)c1O. The van der Waals surface area contributed by atoms with Gasteiger partial charge in [-0.25, -0.2) is 4.79 Å². The van der Waals surface area contributed by atoms with Gasteiger partial charge in [-0.3, -0.25) is 4.79 Å². The average Bonchev–Trinajstić information content (AvgIpc) is 2.65. The number of ketones is 1. The molecule has 0 heterocycles. The summed E-state index contributed by atoms with van der Waals surface area (Å²) in [6, 6.07) is 7.18. The molecule has 0 atom stereocenters. The molecule has 2 aromatic rings. The highest BCUT2D eigenvalue weighted by molar-refractivity contribution is 6.07. The second kappa shape index (κ2) is 9.19. The quantitative estimate of drug-likeness (QED) is 0.339. The molecule has 0 amide bonds. The van der Waals surface area contributed by atoms with Crippen LogP contribution in [0.2, 0.25) is 0 Å². The van der Waals surface area contributed by atoms with Crippen LogP contribution >= 0.6 is 0 Å². The Labute approximate surface area is 191 Å². The summed E-state index contributed by atoms with van der Waals surface area (Å²) in [5.74, 6) is 0.256. The molecule has 5 heteroatoms.